The van der Waals surface area contributed by atoms with Gasteiger partial charge in [0.1, 0.15) is 17.2 Å². The molecule has 0 heterocycles. The number of halogens is 2. The topological polar surface area (TPSA) is 56.8 Å². The van der Waals surface area contributed by atoms with Gasteiger partial charge in [0, 0.05) is 5.56 Å². The first kappa shape index (κ1) is 20.5. The molecule has 0 bridgehead atoms. The minimum Gasteiger partial charge on any atom is -0.497 e. The van der Waals surface area contributed by atoms with Crippen molar-refractivity contribution in [1.82, 2.24) is 5.32 Å². The van der Waals surface area contributed by atoms with Crippen LogP contribution in [0.4, 0.5) is 8.78 Å². The second-order valence-corrected chi connectivity index (χ2v) is 5.82. The number of amides is 1. The van der Waals surface area contributed by atoms with Crippen molar-refractivity contribution in [1.29, 1.82) is 0 Å². The number of nitrogens with one attached hydrogen (secondary N) is 1. The Morgan fingerprint density at radius 3 is 2.26 bits per heavy atom. The van der Waals surface area contributed by atoms with Gasteiger partial charge in [-0.05, 0) is 43.7 Å². The monoisotopic (exact) mass is 379 g/mol. The van der Waals surface area contributed by atoms with Crippen LogP contribution in [0.25, 0.3) is 0 Å². The van der Waals surface area contributed by atoms with Gasteiger partial charge in [0.05, 0.1) is 13.2 Å². The van der Waals surface area contributed by atoms with Crippen LogP contribution in [0.5, 0.6) is 17.2 Å². The van der Waals surface area contributed by atoms with Crippen molar-refractivity contribution in [2.24, 2.45) is 0 Å². The molecule has 1 amide bonds. The third-order valence-electron chi connectivity index (χ3n) is 3.98. The van der Waals surface area contributed by atoms with Gasteiger partial charge in [-0.3, -0.25) is 4.79 Å². The highest BCUT2D eigenvalue weighted by atomic mass is 19.3. The van der Waals surface area contributed by atoms with Gasteiger partial charge in [-0.25, -0.2) is 0 Å². The fourth-order valence-corrected chi connectivity index (χ4v) is 2.57. The van der Waals surface area contributed by atoms with Gasteiger partial charge in [-0.1, -0.05) is 25.1 Å². The maximum Gasteiger partial charge on any atom is 0.387 e. The molecule has 0 aromatic heterocycles. The predicted molar refractivity (Wildman–Crippen MR) is 97.3 cm³/mol. The van der Waals surface area contributed by atoms with Crippen molar-refractivity contribution in [2.75, 3.05) is 7.11 Å². The number of ether oxygens (including phenoxy) is 3. The van der Waals surface area contributed by atoms with Gasteiger partial charge in [-0.15, -0.1) is 0 Å². The summed E-state index contributed by atoms with van der Waals surface area (Å²) in [6.45, 7) is 0.532. The van der Waals surface area contributed by atoms with Gasteiger partial charge in [-0.2, -0.15) is 8.78 Å². The fourth-order valence-electron chi connectivity index (χ4n) is 2.57. The summed E-state index contributed by atoms with van der Waals surface area (Å²) in [6, 6.07) is 12.8. The summed E-state index contributed by atoms with van der Waals surface area (Å²) >= 11 is 0. The molecule has 0 radical (unpaired) electrons. The van der Waals surface area contributed by atoms with Crippen molar-refractivity contribution in [2.45, 2.75) is 39.0 Å². The van der Waals surface area contributed by atoms with E-state index in [1.54, 1.807) is 56.5 Å². The van der Waals surface area contributed by atoms with Crippen molar-refractivity contribution in [3.05, 3.63) is 54.1 Å². The van der Waals surface area contributed by atoms with Crippen molar-refractivity contribution >= 4 is 5.91 Å². The zero-order valence-corrected chi connectivity index (χ0v) is 15.4. The lowest BCUT2D eigenvalue weighted by molar-refractivity contribution is -0.128. The van der Waals surface area contributed by atoms with Crippen LogP contribution < -0.4 is 19.5 Å². The maximum absolute atomic E-state index is 12.6. The molecule has 2 unspecified atom stereocenters. The number of benzene rings is 2. The molecule has 0 saturated heterocycles. The third-order valence-corrected chi connectivity index (χ3v) is 3.98. The Labute approximate surface area is 157 Å². The van der Waals surface area contributed by atoms with Crippen LogP contribution in [0, 0.1) is 0 Å². The normalized spacial score (nSPS) is 13.0. The third kappa shape index (κ3) is 5.84. The van der Waals surface area contributed by atoms with E-state index < -0.39 is 18.8 Å². The predicted octanol–water partition coefficient (Wildman–Crippen LogP) is 4.33. The Balaban J connectivity index is 2.05. The van der Waals surface area contributed by atoms with Crippen LogP contribution >= 0.6 is 0 Å². The summed E-state index contributed by atoms with van der Waals surface area (Å²) in [6.07, 6.45) is -0.263. The Morgan fingerprint density at radius 1 is 1.04 bits per heavy atom. The number of carbonyl (C=O) groups is 1. The minimum atomic E-state index is -2.93. The molecule has 0 spiro atoms. The van der Waals surface area contributed by atoms with E-state index in [2.05, 4.69) is 10.1 Å². The molecule has 146 valence electrons. The maximum atomic E-state index is 12.6. The first-order chi connectivity index (χ1) is 12.9. The highest BCUT2D eigenvalue weighted by molar-refractivity contribution is 5.81. The average molecular weight is 379 g/mol. The lowest BCUT2D eigenvalue weighted by Gasteiger charge is -2.23. The molecule has 27 heavy (non-hydrogen) atoms. The molecule has 1 N–H and O–H groups in total. The van der Waals surface area contributed by atoms with Crippen molar-refractivity contribution < 1.29 is 27.8 Å². The molecule has 0 aliphatic carbocycles. The van der Waals surface area contributed by atoms with Crippen LogP contribution in [0.1, 0.15) is 31.9 Å². The van der Waals surface area contributed by atoms with E-state index in [0.29, 0.717) is 23.5 Å². The number of carbonyl (C=O) groups excluding carboxylic acids is 1. The quantitative estimate of drug-likeness (QED) is 0.705. The summed E-state index contributed by atoms with van der Waals surface area (Å²) < 4.78 is 40.5. The van der Waals surface area contributed by atoms with Crippen LogP contribution in [-0.2, 0) is 4.79 Å². The van der Waals surface area contributed by atoms with E-state index in [9.17, 15) is 13.6 Å². The van der Waals surface area contributed by atoms with E-state index in [0.717, 1.165) is 0 Å². The molecule has 2 aromatic rings. The Morgan fingerprint density at radius 2 is 1.67 bits per heavy atom. The van der Waals surface area contributed by atoms with Gasteiger partial charge < -0.3 is 19.5 Å². The number of para-hydroxylation sites is 1. The van der Waals surface area contributed by atoms with Crippen LogP contribution in [0.2, 0.25) is 0 Å². The second-order valence-electron chi connectivity index (χ2n) is 5.82. The zero-order chi connectivity index (χ0) is 19.8. The van der Waals surface area contributed by atoms with Crippen LogP contribution in [0.15, 0.2) is 48.5 Å². The van der Waals surface area contributed by atoms with Gasteiger partial charge in [0.25, 0.3) is 5.91 Å². The van der Waals surface area contributed by atoms with E-state index in [1.165, 1.54) is 6.07 Å². The second kappa shape index (κ2) is 9.75. The smallest absolute Gasteiger partial charge is 0.387 e. The average Bonchev–Trinajstić information content (AvgIpc) is 2.66. The van der Waals surface area contributed by atoms with E-state index in [1.807, 2.05) is 6.92 Å². The molecule has 2 atom stereocenters. The molecule has 2 rings (SSSR count). The lowest BCUT2D eigenvalue weighted by atomic mass is 10.0. The number of hydrogen-bond acceptors (Lipinski definition) is 4. The molecular formula is C20H23F2NO4. The molecule has 0 aliphatic rings. The van der Waals surface area contributed by atoms with Crippen molar-refractivity contribution in [3.8, 4) is 17.2 Å². The largest absolute Gasteiger partial charge is 0.497 e. The zero-order valence-electron chi connectivity index (χ0n) is 15.4. The van der Waals surface area contributed by atoms with Crippen LogP contribution in [-0.4, -0.2) is 25.7 Å². The van der Waals surface area contributed by atoms with Gasteiger partial charge in [0.2, 0.25) is 0 Å². The van der Waals surface area contributed by atoms with E-state index in [-0.39, 0.29) is 11.7 Å². The van der Waals surface area contributed by atoms with Gasteiger partial charge in [0.15, 0.2) is 6.10 Å². The minimum absolute atomic E-state index is 0.0448. The molecule has 7 heteroatoms. The standard InChI is InChI=1S/C20H23F2NO4/c1-4-17(16-7-5-6-8-18(16)27-20(21)22)23-19(24)13(2)26-15-11-9-14(25-3)10-12-15/h5-13,17,20H,4H2,1-3H3,(H,23,24). The first-order valence-electron chi connectivity index (χ1n) is 8.59. The summed E-state index contributed by atoms with van der Waals surface area (Å²) in [5, 5.41) is 2.83. The van der Waals surface area contributed by atoms with E-state index in [4.69, 9.17) is 9.47 Å². The van der Waals surface area contributed by atoms with Crippen molar-refractivity contribution in [3.63, 3.8) is 0 Å². The molecule has 0 saturated carbocycles. The Kier molecular flexibility index (Phi) is 7.40. The molecule has 2 aromatic carbocycles. The molecular weight excluding hydrogens is 356 g/mol. The van der Waals surface area contributed by atoms with E-state index >= 15 is 0 Å². The molecule has 0 aliphatic heterocycles. The molecule has 0 fully saturated rings. The van der Waals surface area contributed by atoms with Gasteiger partial charge >= 0.3 is 6.61 Å². The van der Waals surface area contributed by atoms with Crippen LogP contribution in [0.3, 0.4) is 0 Å². The fraction of sp³-hybridized carbons (Fsp3) is 0.350. The summed E-state index contributed by atoms with van der Waals surface area (Å²) in [5.74, 6) is 0.891. The number of methoxy groups -OCH3 is 1. The number of rotatable bonds is 9. The Hall–Kier alpha value is -2.83. The summed E-state index contributed by atoms with van der Waals surface area (Å²) in [4.78, 5) is 12.5. The summed E-state index contributed by atoms with van der Waals surface area (Å²) in [7, 11) is 1.56. The molecule has 5 nitrogen and oxygen atoms in total. The summed E-state index contributed by atoms with van der Waals surface area (Å²) in [5.41, 5.74) is 0.491. The highest BCUT2D eigenvalue weighted by Gasteiger charge is 2.22. The number of alkyl halides is 2. The Bertz CT molecular complexity index is 737. The number of hydrogen-bond donors (Lipinski definition) is 1. The highest BCUT2D eigenvalue weighted by Crippen LogP contribution is 2.28. The SMILES string of the molecule is CCC(NC(=O)C(C)Oc1ccc(OC)cc1)c1ccccc1OC(F)F. The lowest BCUT2D eigenvalue weighted by Crippen LogP contribution is -2.38. The first-order valence-corrected chi connectivity index (χ1v) is 8.59.